The van der Waals surface area contributed by atoms with Gasteiger partial charge in [-0.3, -0.25) is 14.6 Å². The lowest BCUT2D eigenvalue weighted by atomic mass is 10.2. The molecule has 7 nitrogen and oxygen atoms in total. The molecule has 0 unspecified atom stereocenters. The van der Waals surface area contributed by atoms with Crippen molar-refractivity contribution in [1.29, 1.82) is 0 Å². The number of pyridine rings is 1. The molecule has 0 aliphatic rings. The Kier molecular flexibility index (Phi) is 6.32. The lowest BCUT2D eigenvalue weighted by Crippen LogP contribution is -2.31. The predicted octanol–water partition coefficient (Wildman–Crippen LogP) is 3.41. The molecule has 9 heteroatoms. The van der Waals surface area contributed by atoms with Crippen molar-refractivity contribution in [2.24, 2.45) is 5.10 Å². The van der Waals surface area contributed by atoms with Crippen molar-refractivity contribution in [3.8, 4) is 0 Å². The highest BCUT2D eigenvalue weighted by Crippen LogP contribution is 2.32. The van der Waals surface area contributed by atoms with Gasteiger partial charge in [0.05, 0.1) is 16.6 Å². The summed E-state index contributed by atoms with van der Waals surface area (Å²) in [6.07, 6.45) is 2.72. The predicted molar refractivity (Wildman–Crippen MR) is 101 cm³/mol. The van der Waals surface area contributed by atoms with Crippen molar-refractivity contribution in [2.45, 2.75) is 6.92 Å². The molecule has 0 saturated heterocycles. The molecule has 2 amide bonds. The summed E-state index contributed by atoms with van der Waals surface area (Å²) in [5.41, 5.74) is 1.48. The Labute approximate surface area is 154 Å². The smallest absolute Gasteiger partial charge is 0.266 e. The van der Waals surface area contributed by atoms with E-state index < -0.39 is 5.91 Å². The van der Waals surface area contributed by atoms with Gasteiger partial charge in [0, 0.05) is 37.4 Å². The molecule has 1 heterocycles. The minimum Gasteiger partial charge on any atom is -0.376 e. The molecule has 0 fully saturated rings. The second kappa shape index (κ2) is 8.46. The van der Waals surface area contributed by atoms with Crippen molar-refractivity contribution in [1.82, 2.24) is 4.98 Å². The highest BCUT2D eigenvalue weighted by molar-refractivity contribution is 6.39. The molecule has 2 aromatic rings. The lowest BCUT2D eigenvalue weighted by Gasteiger charge is -2.19. The molecule has 25 heavy (non-hydrogen) atoms. The van der Waals surface area contributed by atoms with Crippen molar-refractivity contribution in [3.63, 3.8) is 0 Å². The van der Waals surface area contributed by atoms with Crippen molar-refractivity contribution >= 4 is 58.8 Å². The molecular weight excluding hydrogens is 365 g/mol. The molecule has 0 spiro atoms. The van der Waals surface area contributed by atoms with E-state index in [1.165, 1.54) is 19.3 Å². The van der Waals surface area contributed by atoms with Crippen LogP contribution in [0.4, 0.5) is 17.1 Å². The van der Waals surface area contributed by atoms with Gasteiger partial charge in [0.25, 0.3) is 5.91 Å². The first-order valence-corrected chi connectivity index (χ1v) is 7.88. The second-order valence-electron chi connectivity index (χ2n) is 4.91. The number of carbonyl (C=O) groups excluding carboxylic acids is 2. The van der Waals surface area contributed by atoms with Crippen molar-refractivity contribution in [2.75, 3.05) is 22.2 Å². The minimum absolute atomic E-state index is 0.0858. The first-order chi connectivity index (χ1) is 11.9. The van der Waals surface area contributed by atoms with E-state index in [1.54, 1.807) is 24.3 Å². The van der Waals surface area contributed by atoms with Gasteiger partial charge in [0.15, 0.2) is 0 Å². The van der Waals surface area contributed by atoms with Gasteiger partial charge >= 0.3 is 0 Å². The summed E-state index contributed by atoms with van der Waals surface area (Å²) in [5.74, 6) is -0.604. The highest BCUT2D eigenvalue weighted by atomic mass is 35.5. The number of halogens is 2. The molecule has 1 aromatic carbocycles. The van der Waals surface area contributed by atoms with Crippen LogP contribution < -0.4 is 15.6 Å². The van der Waals surface area contributed by atoms with Gasteiger partial charge in [-0.2, -0.15) is 10.1 Å². The third kappa shape index (κ3) is 4.91. The Morgan fingerprint density at radius 3 is 2.48 bits per heavy atom. The highest BCUT2D eigenvalue weighted by Gasteiger charge is 2.20. The standard InChI is InChI=1S/C16H15Cl2N5O2/c1-10(24)22-12-5-3-4-11(6-12)21-9-15(25)23(19-2)16-13(17)7-20-8-14(16)18/h3-8,21H,2,9H2,1H3,(H,22,24). The number of rotatable bonds is 6. The fraction of sp³-hybridized carbons (Fsp3) is 0.125. The van der Waals surface area contributed by atoms with Crippen LogP contribution in [-0.4, -0.2) is 30.1 Å². The molecule has 0 atom stereocenters. The summed E-state index contributed by atoms with van der Waals surface area (Å²) in [4.78, 5) is 27.4. The molecular formula is C16H15Cl2N5O2. The van der Waals surface area contributed by atoms with Crippen LogP contribution in [0.3, 0.4) is 0 Å². The van der Waals surface area contributed by atoms with Gasteiger partial charge < -0.3 is 10.6 Å². The normalized spacial score (nSPS) is 10.0. The van der Waals surface area contributed by atoms with E-state index in [0.717, 1.165) is 5.01 Å². The molecule has 0 saturated carbocycles. The van der Waals surface area contributed by atoms with Gasteiger partial charge in [0.1, 0.15) is 5.69 Å². The third-order valence-electron chi connectivity index (χ3n) is 3.04. The number of nitrogens with zero attached hydrogens (tertiary/aromatic N) is 3. The molecule has 0 radical (unpaired) electrons. The van der Waals surface area contributed by atoms with Crippen LogP contribution in [0, 0.1) is 0 Å². The van der Waals surface area contributed by atoms with Crippen LogP contribution in [-0.2, 0) is 9.59 Å². The van der Waals surface area contributed by atoms with E-state index in [-0.39, 0.29) is 28.2 Å². The monoisotopic (exact) mass is 379 g/mol. The molecule has 1 aromatic heterocycles. The number of hydrazone groups is 1. The number of nitrogens with one attached hydrogen (secondary N) is 2. The number of benzene rings is 1. The summed E-state index contributed by atoms with van der Waals surface area (Å²) < 4.78 is 0. The maximum atomic E-state index is 12.4. The van der Waals surface area contributed by atoms with Crippen molar-refractivity contribution < 1.29 is 9.59 Å². The van der Waals surface area contributed by atoms with Crippen LogP contribution in [0.1, 0.15) is 6.92 Å². The van der Waals surface area contributed by atoms with Gasteiger partial charge in [0.2, 0.25) is 5.91 Å². The summed E-state index contributed by atoms with van der Waals surface area (Å²) in [6, 6.07) is 6.95. The average Bonchev–Trinajstić information content (AvgIpc) is 2.56. The Bertz CT molecular complexity index is 793. The first-order valence-electron chi connectivity index (χ1n) is 7.12. The quantitative estimate of drug-likeness (QED) is 0.594. The maximum Gasteiger partial charge on any atom is 0.266 e. The van der Waals surface area contributed by atoms with Crippen LogP contribution in [0.5, 0.6) is 0 Å². The number of anilines is 3. The SMILES string of the molecule is C=NN(C(=O)CNc1cccc(NC(C)=O)c1)c1c(Cl)cncc1Cl. The van der Waals surface area contributed by atoms with Gasteiger partial charge in [-0.25, -0.2) is 0 Å². The van der Waals surface area contributed by atoms with E-state index in [1.807, 2.05) is 0 Å². The maximum absolute atomic E-state index is 12.4. The Hall–Kier alpha value is -2.64. The van der Waals surface area contributed by atoms with Crippen LogP contribution in [0.2, 0.25) is 10.0 Å². The molecule has 0 bridgehead atoms. The molecule has 0 aliphatic heterocycles. The zero-order valence-corrected chi connectivity index (χ0v) is 14.8. The van der Waals surface area contributed by atoms with E-state index in [4.69, 9.17) is 23.2 Å². The topological polar surface area (TPSA) is 86.7 Å². The fourth-order valence-electron chi connectivity index (χ4n) is 2.04. The number of amides is 2. The van der Waals surface area contributed by atoms with Gasteiger partial charge in [-0.1, -0.05) is 29.3 Å². The fourth-order valence-corrected chi connectivity index (χ4v) is 2.57. The third-order valence-corrected chi connectivity index (χ3v) is 3.60. The zero-order valence-electron chi connectivity index (χ0n) is 13.3. The number of aromatic nitrogens is 1. The summed E-state index contributed by atoms with van der Waals surface area (Å²) in [5, 5.41) is 10.7. The summed E-state index contributed by atoms with van der Waals surface area (Å²) in [6.45, 7) is 4.71. The number of hydrogen-bond donors (Lipinski definition) is 2. The Balaban J connectivity index is 2.11. The molecule has 0 aliphatic carbocycles. The second-order valence-corrected chi connectivity index (χ2v) is 5.73. The molecule has 130 valence electrons. The number of hydrogen-bond acceptors (Lipinski definition) is 5. The van der Waals surface area contributed by atoms with E-state index in [2.05, 4.69) is 27.4 Å². The average molecular weight is 380 g/mol. The van der Waals surface area contributed by atoms with Crippen LogP contribution in [0.25, 0.3) is 0 Å². The lowest BCUT2D eigenvalue weighted by molar-refractivity contribution is -0.117. The number of carbonyl (C=O) groups is 2. The zero-order chi connectivity index (χ0) is 18.4. The van der Waals surface area contributed by atoms with Crippen LogP contribution in [0.15, 0.2) is 41.8 Å². The molecule has 2 rings (SSSR count). The van der Waals surface area contributed by atoms with E-state index >= 15 is 0 Å². The summed E-state index contributed by atoms with van der Waals surface area (Å²) in [7, 11) is 0. The largest absolute Gasteiger partial charge is 0.376 e. The molecule has 2 N–H and O–H groups in total. The summed E-state index contributed by atoms with van der Waals surface area (Å²) >= 11 is 12.1. The minimum atomic E-state index is -0.421. The van der Waals surface area contributed by atoms with Gasteiger partial charge in [-0.05, 0) is 18.2 Å². The van der Waals surface area contributed by atoms with E-state index in [9.17, 15) is 9.59 Å². The first kappa shape index (κ1) is 18.7. The van der Waals surface area contributed by atoms with Crippen LogP contribution >= 0.6 is 23.2 Å². The van der Waals surface area contributed by atoms with E-state index in [0.29, 0.717) is 11.4 Å². The van der Waals surface area contributed by atoms with Crippen molar-refractivity contribution in [3.05, 3.63) is 46.7 Å². The Morgan fingerprint density at radius 1 is 1.24 bits per heavy atom. The Morgan fingerprint density at radius 2 is 1.88 bits per heavy atom. The van der Waals surface area contributed by atoms with Gasteiger partial charge in [-0.15, -0.1) is 0 Å².